The number of ether oxygens (including phenoxy) is 1. The summed E-state index contributed by atoms with van der Waals surface area (Å²) in [6, 6.07) is -0.306. The number of methoxy groups -OCH3 is 1. The number of rotatable bonds is 8. The van der Waals surface area contributed by atoms with E-state index in [9.17, 15) is 4.79 Å². The van der Waals surface area contributed by atoms with Gasteiger partial charge in [0.25, 0.3) is 0 Å². The molecule has 0 aliphatic heterocycles. The van der Waals surface area contributed by atoms with Crippen molar-refractivity contribution in [2.24, 2.45) is 5.73 Å². The van der Waals surface area contributed by atoms with Crippen molar-refractivity contribution in [1.82, 2.24) is 5.32 Å². The Morgan fingerprint density at radius 1 is 1.69 bits per heavy atom. The Bertz CT molecular complexity index is 141. The molecule has 0 spiro atoms. The lowest BCUT2D eigenvalue weighted by atomic mass is 10.2. The molecule has 78 valence electrons. The molecule has 1 unspecified atom stereocenters. The third-order valence-corrected chi connectivity index (χ3v) is 1.55. The van der Waals surface area contributed by atoms with E-state index in [4.69, 9.17) is 15.6 Å². The van der Waals surface area contributed by atoms with E-state index in [0.29, 0.717) is 13.2 Å². The van der Waals surface area contributed by atoms with E-state index in [-0.39, 0.29) is 12.5 Å². The van der Waals surface area contributed by atoms with E-state index in [1.165, 1.54) is 0 Å². The van der Waals surface area contributed by atoms with Crippen LogP contribution in [0.4, 0.5) is 0 Å². The number of carboxylic acids is 1. The number of nitrogens with one attached hydrogen (secondary N) is 1. The van der Waals surface area contributed by atoms with Crippen LogP contribution in [0.5, 0.6) is 0 Å². The molecule has 0 fully saturated rings. The van der Waals surface area contributed by atoms with Gasteiger partial charge in [-0.3, -0.25) is 4.79 Å². The molecule has 0 saturated heterocycles. The summed E-state index contributed by atoms with van der Waals surface area (Å²) in [4.78, 5) is 10.2. The summed E-state index contributed by atoms with van der Waals surface area (Å²) >= 11 is 0. The molecule has 5 heteroatoms. The zero-order valence-electron chi connectivity index (χ0n) is 7.95. The van der Waals surface area contributed by atoms with E-state index in [1.807, 2.05) is 0 Å². The van der Waals surface area contributed by atoms with Crippen LogP contribution in [-0.4, -0.2) is 43.9 Å². The van der Waals surface area contributed by atoms with E-state index >= 15 is 0 Å². The average Bonchev–Trinajstić information content (AvgIpc) is 2.02. The lowest BCUT2D eigenvalue weighted by molar-refractivity contribution is -0.137. The Labute approximate surface area is 78.3 Å². The summed E-state index contributed by atoms with van der Waals surface area (Å²) in [7, 11) is 1.65. The molecular weight excluding hydrogens is 172 g/mol. The summed E-state index contributed by atoms with van der Waals surface area (Å²) in [5.41, 5.74) is 5.51. The van der Waals surface area contributed by atoms with Crippen LogP contribution in [0.25, 0.3) is 0 Å². The molecule has 0 aliphatic rings. The van der Waals surface area contributed by atoms with Gasteiger partial charge in [0.1, 0.15) is 0 Å². The molecule has 1 atom stereocenters. The molecule has 0 amide bonds. The highest BCUT2D eigenvalue weighted by atomic mass is 16.5. The van der Waals surface area contributed by atoms with Gasteiger partial charge >= 0.3 is 5.97 Å². The zero-order valence-corrected chi connectivity index (χ0v) is 7.95. The minimum atomic E-state index is -0.855. The number of carboxylic acid groups (broad SMARTS) is 1. The standard InChI is InChI=1S/C8H18N2O3/c1-13-4-2-3-10-6-7(9)5-8(11)12/h7,10H,2-6,9H2,1H3,(H,11,12). The first-order valence-electron chi connectivity index (χ1n) is 4.34. The molecule has 5 nitrogen and oxygen atoms in total. The molecule has 0 aromatic carbocycles. The molecule has 0 aliphatic carbocycles. The summed E-state index contributed by atoms with van der Waals surface area (Å²) in [5, 5.41) is 11.5. The Hall–Kier alpha value is -0.650. The van der Waals surface area contributed by atoms with Crippen LogP contribution >= 0.6 is 0 Å². The first-order chi connectivity index (χ1) is 6.16. The smallest absolute Gasteiger partial charge is 0.304 e. The number of hydrogen-bond acceptors (Lipinski definition) is 4. The summed E-state index contributed by atoms with van der Waals surface area (Å²) in [6.45, 7) is 2.05. The van der Waals surface area contributed by atoms with Gasteiger partial charge in [-0.1, -0.05) is 0 Å². The number of nitrogens with two attached hydrogens (primary N) is 1. The second kappa shape index (κ2) is 7.97. The third-order valence-electron chi connectivity index (χ3n) is 1.55. The fourth-order valence-electron chi connectivity index (χ4n) is 0.925. The van der Waals surface area contributed by atoms with Crippen LogP contribution in [0, 0.1) is 0 Å². The number of hydrogen-bond donors (Lipinski definition) is 3. The first kappa shape index (κ1) is 12.3. The molecule has 4 N–H and O–H groups in total. The van der Waals surface area contributed by atoms with Crippen LogP contribution in [0.2, 0.25) is 0 Å². The van der Waals surface area contributed by atoms with Crippen molar-refractivity contribution < 1.29 is 14.6 Å². The highest BCUT2D eigenvalue weighted by molar-refractivity contribution is 5.67. The SMILES string of the molecule is COCCCNCC(N)CC(=O)O. The van der Waals surface area contributed by atoms with Crippen LogP contribution in [0.1, 0.15) is 12.8 Å². The van der Waals surface area contributed by atoms with Gasteiger partial charge in [-0.05, 0) is 13.0 Å². The Morgan fingerprint density at radius 3 is 2.92 bits per heavy atom. The Kier molecular flexibility index (Phi) is 7.57. The Morgan fingerprint density at radius 2 is 2.38 bits per heavy atom. The van der Waals surface area contributed by atoms with Gasteiger partial charge in [0.2, 0.25) is 0 Å². The van der Waals surface area contributed by atoms with Crippen LogP contribution in [0.15, 0.2) is 0 Å². The fourth-order valence-corrected chi connectivity index (χ4v) is 0.925. The van der Waals surface area contributed by atoms with Crippen molar-refractivity contribution in [1.29, 1.82) is 0 Å². The van der Waals surface area contributed by atoms with Crippen molar-refractivity contribution in [2.45, 2.75) is 18.9 Å². The highest BCUT2D eigenvalue weighted by Crippen LogP contribution is 1.86. The molecule has 0 bridgehead atoms. The van der Waals surface area contributed by atoms with Gasteiger partial charge in [0.05, 0.1) is 6.42 Å². The molecule has 0 aromatic rings. The van der Waals surface area contributed by atoms with Crippen molar-refractivity contribution in [3.8, 4) is 0 Å². The van der Waals surface area contributed by atoms with Crippen molar-refractivity contribution in [3.63, 3.8) is 0 Å². The molecule has 0 heterocycles. The van der Waals surface area contributed by atoms with E-state index in [1.54, 1.807) is 7.11 Å². The number of carbonyl (C=O) groups is 1. The van der Waals surface area contributed by atoms with Crippen LogP contribution in [-0.2, 0) is 9.53 Å². The molecule has 0 aromatic heterocycles. The van der Waals surface area contributed by atoms with E-state index < -0.39 is 5.97 Å². The fraction of sp³-hybridized carbons (Fsp3) is 0.875. The lowest BCUT2D eigenvalue weighted by Gasteiger charge is -2.09. The minimum Gasteiger partial charge on any atom is -0.481 e. The van der Waals surface area contributed by atoms with Crippen molar-refractivity contribution >= 4 is 5.97 Å². The second-order valence-corrected chi connectivity index (χ2v) is 2.91. The quantitative estimate of drug-likeness (QED) is 0.446. The number of aliphatic carboxylic acids is 1. The second-order valence-electron chi connectivity index (χ2n) is 2.91. The zero-order chi connectivity index (χ0) is 10.1. The topological polar surface area (TPSA) is 84.6 Å². The third kappa shape index (κ3) is 9.26. The van der Waals surface area contributed by atoms with Crippen molar-refractivity contribution in [3.05, 3.63) is 0 Å². The largest absolute Gasteiger partial charge is 0.481 e. The van der Waals surface area contributed by atoms with Gasteiger partial charge in [0.15, 0.2) is 0 Å². The van der Waals surface area contributed by atoms with E-state index in [2.05, 4.69) is 5.32 Å². The minimum absolute atomic E-state index is 0.0112. The van der Waals surface area contributed by atoms with Gasteiger partial charge in [-0.25, -0.2) is 0 Å². The first-order valence-corrected chi connectivity index (χ1v) is 4.34. The van der Waals surface area contributed by atoms with Gasteiger partial charge in [-0.15, -0.1) is 0 Å². The molecule has 0 saturated carbocycles. The normalized spacial score (nSPS) is 12.8. The highest BCUT2D eigenvalue weighted by Gasteiger charge is 2.06. The lowest BCUT2D eigenvalue weighted by Crippen LogP contribution is -2.36. The maximum atomic E-state index is 10.2. The predicted molar refractivity (Wildman–Crippen MR) is 49.6 cm³/mol. The van der Waals surface area contributed by atoms with Crippen LogP contribution < -0.4 is 11.1 Å². The van der Waals surface area contributed by atoms with Gasteiger partial charge in [0, 0.05) is 26.3 Å². The van der Waals surface area contributed by atoms with Gasteiger partial charge in [-0.2, -0.15) is 0 Å². The summed E-state index contributed by atoms with van der Waals surface area (Å²) in [6.07, 6.45) is 0.924. The maximum absolute atomic E-state index is 10.2. The van der Waals surface area contributed by atoms with Gasteiger partial charge < -0.3 is 20.9 Å². The Balaban J connectivity index is 3.17. The molecule has 0 radical (unpaired) electrons. The average molecular weight is 190 g/mol. The summed E-state index contributed by atoms with van der Waals surface area (Å²) < 4.78 is 4.85. The predicted octanol–water partition coefficient (Wildman–Crippen LogP) is -0.585. The molecule has 13 heavy (non-hydrogen) atoms. The summed E-state index contributed by atoms with van der Waals surface area (Å²) in [5.74, 6) is -0.855. The van der Waals surface area contributed by atoms with E-state index in [0.717, 1.165) is 13.0 Å². The molecule has 0 rings (SSSR count). The van der Waals surface area contributed by atoms with Crippen LogP contribution in [0.3, 0.4) is 0 Å². The van der Waals surface area contributed by atoms with Crippen molar-refractivity contribution in [2.75, 3.05) is 26.8 Å². The maximum Gasteiger partial charge on any atom is 0.304 e. The monoisotopic (exact) mass is 190 g/mol. The molecular formula is C8H18N2O3.